The molecule has 0 aliphatic rings. The first-order valence-electron chi connectivity index (χ1n) is 8.82. The summed E-state index contributed by atoms with van der Waals surface area (Å²) in [5.41, 5.74) is 5.54. The van der Waals surface area contributed by atoms with E-state index in [1.165, 1.54) is 0 Å². The molecule has 9 N–H and O–H groups in total. The summed E-state index contributed by atoms with van der Waals surface area (Å²) in [5.74, 6) is -6.77. The van der Waals surface area contributed by atoms with E-state index in [1.807, 2.05) is 5.32 Å². The van der Waals surface area contributed by atoms with Crippen LogP contribution in [0.25, 0.3) is 0 Å². The molecule has 3 amide bonds. The van der Waals surface area contributed by atoms with Gasteiger partial charge in [0, 0.05) is 12.8 Å². The molecule has 0 saturated heterocycles. The zero-order chi connectivity index (χ0) is 23.4. The van der Waals surface area contributed by atoms with E-state index >= 15 is 0 Å². The van der Waals surface area contributed by atoms with Gasteiger partial charge in [-0.15, -0.1) is 0 Å². The van der Waals surface area contributed by atoms with Crippen LogP contribution in [0.15, 0.2) is 0 Å². The zero-order valence-corrected chi connectivity index (χ0v) is 16.2. The van der Waals surface area contributed by atoms with Crippen molar-refractivity contribution in [2.75, 3.05) is 6.54 Å². The molecule has 0 spiro atoms. The van der Waals surface area contributed by atoms with Gasteiger partial charge >= 0.3 is 17.9 Å². The number of carboxylic acids is 3. The van der Waals surface area contributed by atoms with Gasteiger partial charge in [0.25, 0.3) is 0 Å². The molecule has 0 aromatic rings. The van der Waals surface area contributed by atoms with Gasteiger partial charge in [-0.25, -0.2) is 0 Å². The molecule has 0 aliphatic carbocycles. The summed E-state index contributed by atoms with van der Waals surface area (Å²) in [4.78, 5) is 68.4. The van der Waals surface area contributed by atoms with Gasteiger partial charge in [0.05, 0.1) is 12.1 Å². The summed E-state index contributed by atoms with van der Waals surface area (Å²) < 4.78 is 0. The second-order valence-corrected chi connectivity index (χ2v) is 6.37. The number of nitrogens with two attached hydrogens (primary N) is 1. The first-order valence-corrected chi connectivity index (χ1v) is 8.82. The number of aliphatic carboxylic acids is 3. The van der Waals surface area contributed by atoms with Gasteiger partial charge in [-0.2, -0.15) is 0 Å². The molecule has 0 heterocycles. The van der Waals surface area contributed by atoms with Crippen LogP contribution in [0.1, 0.15) is 32.6 Å². The van der Waals surface area contributed by atoms with E-state index in [-0.39, 0.29) is 12.8 Å². The van der Waals surface area contributed by atoms with E-state index in [2.05, 4.69) is 10.6 Å². The van der Waals surface area contributed by atoms with Crippen LogP contribution in [0, 0.1) is 0 Å². The normalized spacial score (nSPS) is 14.5. The lowest BCUT2D eigenvalue weighted by Gasteiger charge is -2.25. The van der Waals surface area contributed by atoms with Crippen molar-refractivity contribution in [3.05, 3.63) is 0 Å². The maximum Gasteiger partial charge on any atom is 0.322 e. The van der Waals surface area contributed by atoms with Gasteiger partial charge in [0.2, 0.25) is 17.7 Å². The minimum absolute atomic E-state index is 0.228. The van der Waals surface area contributed by atoms with Crippen LogP contribution in [0.3, 0.4) is 0 Å². The van der Waals surface area contributed by atoms with Crippen LogP contribution >= 0.6 is 0 Å². The third kappa shape index (κ3) is 10.9. The summed E-state index contributed by atoms with van der Waals surface area (Å²) in [6.07, 6.45) is -3.00. The Morgan fingerprint density at radius 1 is 0.800 bits per heavy atom. The molecule has 14 heteroatoms. The molecule has 0 fully saturated rings. The van der Waals surface area contributed by atoms with Crippen molar-refractivity contribution in [2.45, 2.75) is 56.8 Å². The summed E-state index contributed by atoms with van der Waals surface area (Å²) in [7, 11) is 0. The number of carbonyl (C=O) groups excluding carboxylic acids is 3. The van der Waals surface area contributed by atoms with Gasteiger partial charge in [0.1, 0.15) is 18.6 Å². The third-order valence-corrected chi connectivity index (χ3v) is 3.76. The highest BCUT2D eigenvalue weighted by atomic mass is 16.4. The van der Waals surface area contributed by atoms with Crippen molar-refractivity contribution in [2.24, 2.45) is 5.73 Å². The number of aliphatic hydroxyl groups is 1. The quantitative estimate of drug-likeness (QED) is 0.134. The Labute approximate surface area is 170 Å². The van der Waals surface area contributed by atoms with Gasteiger partial charge in [0.15, 0.2) is 0 Å². The van der Waals surface area contributed by atoms with Gasteiger partial charge in [-0.1, -0.05) is 0 Å². The standard InChI is InChI=1S/C16H26N4O10/c1-7(21)13(20-14(28)8(17)2-4-10(22)23)16(30)19-9(3-5-11(24)25)15(29)18-6-12(26)27/h7-9,13,21H,2-6,17H2,1H3,(H,18,29)(H,19,30)(H,20,28)(H,22,23)(H,24,25)(H,26,27). The highest BCUT2D eigenvalue weighted by Gasteiger charge is 2.31. The number of carbonyl (C=O) groups is 6. The van der Waals surface area contributed by atoms with Gasteiger partial charge in [-0.3, -0.25) is 28.8 Å². The number of hydrogen-bond acceptors (Lipinski definition) is 8. The fourth-order valence-electron chi connectivity index (χ4n) is 2.16. The van der Waals surface area contributed by atoms with Crippen molar-refractivity contribution < 1.29 is 49.2 Å². The summed E-state index contributed by atoms with van der Waals surface area (Å²) in [6.45, 7) is 0.386. The van der Waals surface area contributed by atoms with Crippen LogP contribution < -0.4 is 21.7 Å². The average Bonchev–Trinajstić information content (AvgIpc) is 2.64. The molecule has 0 saturated carbocycles. The van der Waals surface area contributed by atoms with E-state index in [0.717, 1.165) is 6.92 Å². The second-order valence-electron chi connectivity index (χ2n) is 6.37. The number of hydrogen-bond donors (Lipinski definition) is 8. The summed E-state index contributed by atoms with van der Waals surface area (Å²) in [6, 6.07) is -4.32. The molecule has 0 aromatic carbocycles. The van der Waals surface area contributed by atoms with Gasteiger partial charge < -0.3 is 42.1 Å². The molecule has 4 atom stereocenters. The van der Waals surface area contributed by atoms with E-state index in [1.54, 1.807) is 0 Å². The second kappa shape index (κ2) is 13.1. The van der Waals surface area contributed by atoms with Crippen molar-refractivity contribution >= 4 is 35.6 Å². The first kappa shape index (κ1) is 26.7. The van der Waals surface area contributed by atoms with Gasteiger partial charge in [-0.05, 0) is 19.8 Å². The molecule has 0 aromatic heterocycles. The van der Waals surface area contributed by atoms with Crippen LogP contribution in [0.4, 0.5) is 0 Å². The molecule has 0 aliphatic heterocycles. The maximum atomic E-state index is 12.4. The number of aliphatic hydroxyl groups excluding tert-OH is 1. The zero-order valence-electron chi connectivity index (χ0n) is 16.2. The Morgan fingerprint density at radius 2 is 1.33 bits per heavy atom. The average molecular weight is 434 g/mol. The summed E-state index contributed by atoms with van der Waals surface area (Å²) in [5, 5.41) is 42.1. The number of nitrogens with one attached hydrogen (secondary N) is 3. The lowest BCUT2D eigenvalue weighted by Crippen LogP contribution is -2.59. The molecule has 30 heavy (non-hydrogen) atoms. The molecule has 0 bridgehead atoms. The van der Waals surface area contributed by atoms with Crippen LogP contribution in [0.5, 0.6) is 0 Å². The van der Waals surface area contributed by atoms with Crippen LogP contribution in [0.2, 0.25) is 0 Å². The van der Waals surface area contributed by atoms with E-state index < -0.39 is 79.2 Å². The van der Waals surface area contributed by atoms with E-state index in [0.29, 0.717) is 0 Å². The monoisotopic (exact) mass is 434 g/mol. The Morgan fingerprint density at radius 3 is 1.80 bits per heavy atom. The van der Waals surface area contributed by atoms with E-state index in [4.69, 9.17) is 21.1 Å². The van der Waals surface area contributed by atoms with Crippen LogP contribution in [-0.2, 0) is 28.8 Å². The highest BCUT2D eigenvalue weighted by Crippen LogP contribution is 2.03. The Balaban J connectivity index is 5.18. The fraction of sp³-hybridized carbons (Fsp3) is 0.625. The highest BCUT2D eigenvalue weighted by molar-refractivity contribution is 5.94. The largest absolute Gasteiger partial charge is 0.481 e. The summed E-state index contributed by atoms with van der Waals surface area (Å²) >= 11 is 0. The number of carboxylic acid groups (broad SMARTS) is 3. The van der Waals surface area contributed by atoms with Crippen LogP contribution in [-0.4, -0.2) is 86.8 Å². The van der Waals surface area contributed by atoms with Crippen molar-refractivity contribution in [1.29, 1.82) is 0 Å². The van der Waals surface area contributed by atoms with Crippen molar-refractivity contribution in [3.63, 3.8) is 0 Å². The minimum Gasteiger partial charge on any atom is -0.481 e. The third-order valence-electron chi connectivity index (χ3n) is 3.76. The Hall–Kier alpha value is -3.26. The van der Waals surface area contributed by atoms with Crippen molar-refractivity contribution in [1.82, 2.24) is 16.0 Å². The predicted molar refractivity (Wildman–Crippen MR) is 97.9 cm³/mol. The topological polar surface area (TPSA) is 245 Å². The molecule has 14 nitrogen and oxygen atoms in total. The van der Waals surface area contributed by atoms with E-state index in [9.17, 15) is 33.9 Å². The minimum atomic E-state index is -1.59. The smallest absolute Gasteiger partial charge is 0.322 e. The lowest BCUT2D eigenvalue weighted by molar-refractivity contribution is -0.140. The molecule has 0 radical (unpaired) electrons. The molecular weight excluding hydrogens is 408 g/mol. The molecule has 0 rings (SSSR count). The molecular formula is C16H26N4O10. The number of amides is 3. The predicted octanol–water partition coefficient (Wildman–Crippen LogP) is -3.41. The molecule has 170 valence electrons. The Kier molecular flexibility index (Phi) is 11.6. The lowest BCUT2D eigenvalue weighted by atomic mass is 10.1. The number of rotatable bonds is 14. The SMILES string of the molecule is CC(O)C(NC(=O)C(N)CCC(=O)O)C(=O)NC(CCC(=O)O)C(=O)NCC(=O)O. The first-order chi connectivity index (χ1) is 13.8. The Bertz CT molecular complexity index is 666. The molecule has 4 unspecified atom stereocenters. The van der Waals surface area contributed by atoms with Crippen molar-refractivity contribution in [3.8, 4) is 0 Å². The fourth-order valence-corrected chi connectivity index (χ4v) is 2.16. The maximum absolute atomic E-state index is 12.4.